The molecule has 2 unspecified atom stereocenters. The van der Waals surface area contributed by atoms with Gasteiger partial charge in [-0.1, -0.05) is 23.7 Å². The molecule has 0 spiro atoms. The predicted octanol–water partition coefficient (Wildman–Crippen LogP) is 3.00. The number of carboxylic acid groups (broad SMARTS) is 1. The van der Waals surface area contributed by atoms with Gasteiger partial charge in [-0.2, -0.15) is 0 Å². The molecule has 0 aliphatic carbocycles. The molecule has 1 aromatic carbocycles. The van der Waals surface area contributed by atoms with Crippen molar-refractivity contribution >= 4 is 23.6 Å². The number of benzene rings is 1. The number of likely N-dealkylation sites (tertiary alicyclic amines) is 1. The number of rotatable bonds is 3. The van der Waals surface area contributed by atoms with Crippen molar-refractivity contribution in [1.29, 1.82) is 0 Å². The molecule has 5 nitrogen and oxygen atoms in total. The third kappa shape index (κ3) is 3.29. The second-order valence-electron chi connectivity index (χ2n) is 5.31. The summed E-state index contributed by atoms with van der Waals surface area (Å²) in [7, 11) is 1.69. The highest BCUT2D eigenvalue weighted by Gasteiger charge is 2.36. The lowest BCUT2D eigenvalue weighted by atomic mass is 10.1. The number of urea groups is 1. The van der Waals surface area contributed by atoms with Gasteiger partial charge in [0.25, 0.3) is 0 Å². The molecular weight excluding hydrogens is 292 g/mol. The number of nitrogens with zero attached hydrogens (tertiary/aromatic N) is 2. The van der Waals surface area contributed by atoms with Crippen molar-refractivity contribution in [3.05, 3.63) is 34.9 Å². The van der Waals surface area contributed by atoms with E-state index in [0.29, 0.717) is 18.0 Å². The Morgan fingerprint density at radius 1 is 1.38 bits per heavy atom. The molecule has 0 saturated carbocycles. The van der Waals surface area contributed by atoms with Crippen LogP contribution in [-0.4, -0.2) is 46.5 Å². The molecule has 1 saturated heterocycles. The fourth-order valence-corrected chi connectivity index (χ4v) is 2.71. The van der Waals surface area contributed by atoms with Gasteiger partial charge in [0.2, 0.25) is 0 Å². The average molecular weight is 311 g/mol. The van der Waals surface area contributed by atoms with E-state index in [-0.39, 0.29) is 12.1 Å². The standard InChI is InChI=1S/C15H19ClN2O3/c1-10(11-5-7-12(16)8-6-11)17(2)15(21)18-9-3-4-13(18)14(19)20/h5-8,10,13H,3-4,9H2,1-2H3,(H,19,20). The van der Waals surface area contributed by atoms with Gasteiger partial charge >= 0.3 is 12.0 Å². The number of halogens is 1. The summed E-state index contributed by atoms with van der Waals surface area (Å²) < 4.78 is 0. The van der Waals surface area contributed by atoms with Crippen LogP contribution in [-0.2, 0) is 4.79 Å². The summed E-state index contributed by atoms with van der Waals surface area (Å²) in [5.74, 6) is -0.937. The number of hydrogen-bond acceptors (Lipinski definition) is 2. The molecule has 2 rings (SSSR count). The van der Waals surface area contributed by atoms with E-state index >= 15 is 0 Å². The zero-order chi connectivity index (χ0) is 15.6. The van der Waals surface area contributed by atoms with Crippen molar-refractivity contribution in [3.8, 4) is 0 Å². The molecule has 1 aliphatic rings. The second-order valence-corrected chi connectivity index (χ2v) is 5.75. The van der Waals surface area contributed by atoms with E-state index < -0.39 is 12.0 Å². The van der Waals surface area contributed by atoms with E-state index in [4.69, 9.17) is 11.6 Å². The third-order valence-corrected chi connectivity index (χ3v) is 4.27. The Hall–Kier alpha value is -1.75. The van der Waals surface area contributed by atoms with E-state index in [1.54, 1.807) is 24.1 Å². The number of carbonyl (C=O) groups excluding carboxylic acids is 1. The van der Waals surface area contributed by atoms with Gasteiger partial charge in [-0.15, -0.1) is 0 Å². The summed E-state index contributed by atoms with van der Waals surface area (Å²) in [6.45, 7) is 2.40. The molecule has 21 heavy (non-hydrogen) atoms. The van der Waals surface area contributed by atoms with Crippen LogP contribution in [0.2, 0.25) is 5.02 Å². The molecule has 1 fully saturated rings. The van der Waals surface area contributed by atoms with Crippen LogP contribution in [0.3, 0.4) is 0 Å². The van der Waals surface area contributed by atoms with Crippen molar-refractivity contribution < 1.29 is 14.7 Å². The first-order valence-electron chi connectivity index (χ1n) is 6.93. The number of carbonyl (C=O) groups is 2. The third-order valence-electron chi connectivity index (χ3n) is 4.02. The van der Waals surface area contributed by atoms with Gasteiger partial charge in [-0.25, -0.2) is 9.59 Å². The predicted molar refractivity (Wildman–Crippen MR) is 80.4 cm³/mol. The monoisotopic (exact) mass is 310 g/mol. The minimum Gasteiger partial charge on any atom is -0.480 e. The molecule has 1 N–H and O–H groups in total. The second kappa shape index (κ2) is 6.35. The van der Waals surface area contributed by atoms with Gasteiger partial charge in [0.15, 0.2) is 0 Å². The van der Waals surface area contributed by atoms with Crippen LogP contribution in [0.15, 0.2) is 24.3 Å². The highest BCUT2D eigenvalue weighted by atomic mass is 35.5. The van der Waals surface area contributed by atoms with Crippen LogP contribution in [0.4, 0.5) is 4.79 Å². The number of carboxylic acids is 1. The van der Waals surface area contributed by atoms with Crippen LogP contribution >= 0.6 is 11.6 Å². The van der Waals surface area contributed by atoms with Crippen LogP contribution in [0.5, 0.6) is 0 Å². The molecule has 6 heteroatoms. The summed E-state index contributed by atoms with van der Waals surface area (Å²) in [5, 5.41) is 9.82. The normalized spacial score (nSPS) is 19.4. The quantitative estimate of drug-likeness (QED) is 0.933. The lowest BCUT2D eigenvalue weighted by Crippen LogP contribution is -2.47. The Morgan fingerprint density at radius 2 is 2.00 bits per heavy atom. The Morgan fingerprint density at radius 3 is 2.57 bits per heavy atom. The minimum absolute atomic E-state index is 0.148. The summed E-state index contributed by atoms with van der Waals surface area (Å²) in [6, 6.07) is 6.19. The highest BCUT2D eigenvalue weighted by Crippen LogP contribution is 2.25. The first-order valence-corrected chi connectivity index (χ1v) is 7.31. The smallest absolute Gasteiger partial charge is 0.326 e. The molecule has 1 aromatic rings. The van der Waals surface area contributed by atoms with E-state index in [9.17, 15) is 14.7 Å². The maximum atomic E-state index is 12.5. The van der Waals surface area contributed by atoms with Gasteiger partial charge in [0, 0.05) is 18.6 Å². The first-order chi connectivity index (χ1) is 9.91. The molecule has 1 aliphatic heterocycles. The molecule has 2 amide bonds. The zero-order valence-electron chi connectivity index (χ0n) is 12.1. The van der Waals surface area contributed by atoms with Gasteiger partial charge in [-0.3, -0.25) is 0 Å². The first kappa shape index (κ1) is 15.6. The van der Waals surface area contributed by atoms with Crippen LogP contribution in [0.1, 0.15) is 31.4 Å². The Labute approximate surface area is 129 Å². The Balaban J connectivity index is 2.11. The molecule has 0 radical (unpaired) electrons. The van der Waals surface area contributed by atoms with E-state index in [2.05, 4.69) is 0 Å². The van der Waals surface area contributed by atoms with Gasteiger partial charge in [0.05, 0.1) is 6.04 Å². The number of aliphatic carboxylic acids is 1. The van der Waals surface area contributed by atoms with E-state index in [1.165, 1.54) is 4.90 Å². The van der Waals surface area contributed by atoms with Crippen LogP contribution in [0.25, 0.3) is 0 Å². The SMILES string of the molecule is CC(c1ccc(Cl)cc1)N(C)C(=O)N1CCCC1C(=O)O. The Kier molecular flexibility index (Phi) is 4.73. The summed E-state index contributed by atoms with van der Waals surface area (Å²) in [5.41, 5.74) is 0.960. The molecule has 2 atom stereocenters. The lowest BCUT2D eigenvalue weighted by Gasteiger charge is -2.31. The van der Waals surface area contributed by atoms with E-state index in [1.807, 2.05) is 19.1 Å². The minimum atomic E-state index is -0.937. The highest BCUT2D eigenvalue weighted by molar-refractivity contribution is 6.30. The summed E-state index contributed by atoms with van der Waals surface area (Å²) in [6.07, 6.45) is 1.25. The van der Waals surface area contributed by atoms with E-state index in [0.717, 1.165) is 12.0 Å². The van der Waals surface area contributed by atoms with Crippen molar-refractivity contribution in [2.75, 3.05) is 13.6 Å². The zero-order valence-corrected chi connectivity index (χ0v) is 12.9. The molecule has 114 valence electrons. The fourth-order valence-electron chi connectivity index (χ4n) is 2.59. The summed E-state index contributed by atoms with van der Waals surface area (Å²) in [4.78, 5) is 26.7. The molecule has 0 bridgehead atoms. The van der Waals surface area contributed by atoms with Crippen LogP contribution < -0.4 is 0 Å². The lowest BCUT2D eigenvalue weighted by molar-refractivity contribution is -0.141. The van der Waals surface area contributed by atoms with Crippen molar-refractivity contribution in [2.45, 2.75) is 31.8 Å². The molecule has 1 heterocycles. The number of hydrogen-bond donors (Lipinski definition) is 1. The fraction of sp³-hybridized carbons (Fsp3) is 0.467. The van der Waals surface area contributed by atoms with Crippen molar-refractivity contribution in [3.63, 3.8) is 0 Å². The van der Waals surface area contributed by atoms with Crippen LogP contribution in [0, 0.1) is 0 Å². The maximum Gasteiger partial charge on any atom is 0.326 e. The van der Waals surface area contributed by atoms with Gasteiger partial charge < -0.3 is 14.9 Å². The summed E-state index contributed by atoms with van der Waals surface area (Å²) >= 11 is 5.86. The van der Waals surface area contributed by atoms with Gasteiger partial charge in [0.1, 0.15) is 6.04 Å². The van der Waals surface area contributed by atoms with Crippen molar-refractivity contribution in [1.82, 2.24) is 9.80 Å². The Bertz CT molecular complexity index is 532. The van der Waals surface area contributed by atoms with Crippen molar-refractivity contribution in [2.24, 2.45) is 0 Å². The van der Waals surface area contributed by atoms with Gasteiger partial charge in [-0.05, 0) is 37.5 Å². The maximum absolute atomic E-state index is 12.5. The molecule has 0 aromatic heterocycles. The molecular formula is C15H19ClN2O3. The number of amides is 2. The largest absolute Gasteiger partial charge is 0.480 e. The topological polar surface area (TPSA) is 60.9 Å². The average Bonchev–Trinajstić information content (AvgIpc) is 2.95.